The van der Waals surface area contributed by atoms with E-state index >= 15 is 0 Å². The summed E-state index contributed by atoms with van der Waals surface area (Å²) < 4.78 is 5.09. The van der Waals surface area contributed by atoms with E-state index in [1.54, 1.807) is 13.1 Å². The van der Waals surface area contributed by atoms with Crippen LogP contribution in [0.5, 0.6) is 0 Å². The van der Waals surface area contributed by atoms with Crippen molar-refractivity contribution in [1.82, 2.24) is 9.97 Å². The average Bonchev–Trinajstić information content (AvgIpc) is 2.28. The van der Waals surface area contributed by atoms with Gasteiger partial charge in [0.2, 0.25) is 5.95 Å². The van der Waals surface area contributed by atoms with E-state index < -0.39 is 0 Å². The van der Waals surface area contributed by atoms with Crippen molar-refractivity contribution in [2.75, 3.05) is 49.8 Å². The van der Waals surface area contributed by atoms with Crippen molar-refractivity contribution < 1.29 is 9.84 Å². The van der Waals surface area contributed by atoms with Crippen molar-refractivity contribution in [3.8, 4) is 0 Å². The van der Waals surface area contributed by atoms with Crippen LogP contribution in [-0.2, 0) is 4.74 Å². The highest BCUT2D eigenvalue weighted by Gasteiger charge is 1.99. The third-order valence-corrected chi connectivity index (χ3v) is 1.79. The SMILES string of the molecule is CNc1cc(NCCOCCO)nc(N)n1. The second-order valence-electron chi connectivity index (χ2n) is 3.01. The number of nitrogen functional groups attached to an aromatic ring is 1. The van der Waals surface area contributed by atoms with Crippen LogP contribution in [0.1, 0.15) is 0 Å². The normalized spacial score (nSPS) is 10.1. The molecule has 0 fully saturated rings. The van der Waals surface area contributed by atoms with Gasteiger partial charge >= 0.3 is 0 Å². The number of nitrogens with zero attached hydrogens (tertiary/aromatic N) is 2. The van der Waals surface area contributed by atoms with Crippen molar-refractivity contribution in [3.05, 3.63) is 6.07 Å². The molecule has 0 bridgehead atoms. The largest absolute Gasteiger partial charge is 0.394 e. The van der Waals surface area contributed by atoms with Gasteiger partial charge in [0.05, 0.1) is 19.8 Å². The first-order valence-corrected chi connectivity index (χ1v) is 5.01. The Kier molecular flexibility index (Phi) is 5.30. The van der Waals surface area contributed by atoms with Crippen LogP contribution < -0.4 is 16.4 Å². The van der Waals surface area contributed by atoms with Crippen molar-refractivity contribution >= 4 is 17.6 Å². The van der Waals surface area contributed by atoms with E-state index in [-0.39, 0.29) is 12.6 Å². The third kappa shape index (κ3) is 4.28. The zero-order chi connectivity index (χ0) is 11.8. The summed E-state index contributed by atoms with van der Waals surface area (Å²) in [4.78, 5) is 7.97. The van der Waals surface area contributed by atoms with E-state index in [0.717, 1.165) is 0 Å². The molecule has 0 saturated heterocycles. The molecule has 0 atom stereocenters. The van der Waals surface area contributed by atoms with E-state index in [1.165, 1.54) is 0 Å². The number of rotatable bonds is 7. The Morgan fingerprint density at radius 3 is 2.81 bits per heavy atom. The van der Waals surface area contributed by atoms with Crippen LogP contribution in [0.15, 0.2) is 6.07 Å². The molecule has 1 aromatic heterocycles. The Morgan fingerprint density at radius 1 is 1.38 bits per heavy atom. The number of anilines is 3. The Labute approximate surface area is 94.0 Å². The van der Waals surface area contributed by atoms with Crippen LogP contribution in [0.25, 0.3) is 0 Å². The van der Waals surface area contributed by atoms with Gasteiger partial charge in [0.1, 0.15) is 11.6 Å². The fraction of sp³-hybridized carbons (Fsp3) is 0.556. The Bertz CT molecular complexity index is 321. The predicted molar refractivity (Wildman–Crippen MR) is 62.4 cm³/mol. The maximum Gasteiger partial charge on any atom is 0.223 e. The molecule has 0 radical (unpaired) electrons. The van der Waals surface area contributed by atoms with E-state index in [0.29, 0.717) is 31.4 Å². The van der Waals surface area contributed by atoms with Crippen LogP contribution >= 0.6 is 0 Å². The maximum absolute atomic E-state index is 8.50. The van der Waals surface area contributed by atoms with Gasteiger partial charge in [-0.2, -0.15) is 9.97 Å². The Morgan fingerprint density at radius 2 is 2.12 bits per heavy atom. The number of ether oxygens (including phenoxy) is 1. The summed E-state index contributed by atoms with van der Waals surface area (Å²) >= 11 is 0. The summed E-state index contributed by atoms with van der Waals surface area (Å²) in [5, 5.41) is 14.4. The van der Waals surface area contributed by atoms with Gasteiger partial charge in [0.25, 0.3) is 0 Å². The topological polar surface area (TPSA) is 105 Å². The highest BCUT2D eigenvalue weighted by molar-refractivity contribution is 5.50. The van der Waals surface area contributed by atoms with Crippen LogP contribution in [-0.4, -0.2) is 48.5 Å². The monoisotopic (exact) mass is 227 g/mol. The number of nitrogens with one attached hydrogen (secondary N) is 2. The molecule has 1 rings (SSSR count). The highest BCUT2D eigenvalue weighted by Crippen LogP contribution is 2.10. The molecule has 0 amide bonds. The minimum atomic E-state index is 0.0321. The number of aliphatic hydroxyl groups is 1. The number of aromatic nitrogens is 2. The first-order valence-electron chi connectivity index (χ1n) is 5.01. The summed E-state index contributed by atoms with van der Waals surface area (Å²) in [6.07, 6.45) is 0. The van der Waals surface area contributed by atoms with Gasteiger partial charge in [-0.15, -0.1) is 0 Å². The molecular weight excluding hydrogens is 210 g/mol. The first kappa shape index (κ1) is 12.5. The average molecular weight is 227 g/mol. The molecular formula is C9H17N5O2. The zero-order valence-corrected chi connectivity index (χ0v) is 9.23. The molecule has 0 aliphatic heterocycles. The standard InChI is InChI=1S/C9H17N5O2/c1-11-7-6-8(14-9(10)13-7)12-2-4-16-5-3-15/h6,15H,2-5H2,1H3,(H4,10,11,12,13,14). The Balaban J connectivity index is 2.38. The fourth-order valence-electron chi connectivity index (χ4n) is 1.10. The number of hydrogen-bond acceptors (Lipinski definition) is 7. The van der Waals surface area contributed by atoms with Gasteiger partial charge in [-0.05, 0) is 0 Å². The van der Waals surface area contributed by atoms with E-state index in [4.69, 9.17) is 15.6 Å². The maximum atomic E-state index is 8.50. The summed E-state index contributed by atoms with van der Waals surface area (Å²) in [6, 6.07) is 1.75. The second-order valence-corrected chi connectivity index (χ2v) is 3.01. The summed E-state index contributed by atoms with van der Waals surface area (Å²) in [6.45, 7) is 1.47. The van der Waals surface area contributed by atoms with Crippen molar-refractivity contribution in [2.45, 2.75) is 0 Å². The number of nitrogens with two attached hydrogens (primary N) is 1. The molecule has 5 N–H and O–H groups in total. The van der Waals surface area contributed by atoms with E-state index in [2.05, 4.69) is 20.6 Å². The molecule has 0 spiro atoms. The van der Waals surface area contributed by atoms with Crippen LogP contribution in [0.3, 0.4) is 0 Å². The summed E-state index contributed by atoms with van der Waals surface area (Å²) in [5.74, 6) is 1.52. The summed E-state index contributed by atoms with van der Waals surface area (Å²) in [5.41, 5.74) is 5.52. The van der Waals surface area contributed by atoms with Gasteiger partial charge in [-0.3, -0.25) is 0 Å². The molecule has 7 nitrogen and oxygen atoms in total. The minimum Gasteiger partial charge on any atom is -0.394 e. The van der Waals surface area contributed by atoms with Gasteiger partial charge in [0.15, 0.2) is 0 Å². The van der Waals surface area contributed by atoms with Gasteiger partial charge in [-0.25, -0.2) is 0 Å². The predicted octanol–water partition coefficient (Wildman–Crippen LogP) is -0.479. The molecule has 16 heavy (non-hydrogen) atoms. The lowest BCUT2D eigenvalue weighted by Crippen LogP contribution is -2.13. The quantitative estimate of drug-likeness (QED) is 0.466. The van der Waals surface area contributed by atoms with Crippen molar-refractivity contribution in [3.63, 3.8) is 0 Å². The lowest BCUT2D eigenvalue weighted by molar-refractivity contribution is 0.0992. The number of hydrogen-bond donors (Lipinski definition) is 4. The van der Waals surface area contributed by atoms with Gasteiger partial charge < -0.3 is 26.2 Å². The lowest BCUT2D eigenvalue weighted by atomic mass is 10.5. The molecule has 7 heteroatoms. The van der Waals surface area contributed by atoms with E-state index in [9.17, 15) is 0 Å². The molecule has 0 aromatic carbocycles. The van der Waals surface area contributed by atoms with Crippen molar-refractivity contribution in [2.24, 2.45) is 0 Å². The molecule has 0 aliphatic rings. The molecule has 0 unspecified atom stereocenters. The Hall–Kier alpha value is -1.60. The van der Waals surface area contributed by atoms with Gasteiger partial charge in [0, 0.05) is 19.7 Å². The molecule has 90 valence electrons. The molecule has 1 heterocycles. The molecule has 0 aliphatic carbocycles. The second kappa shape index (κ2) is 6.81. The zero-order valence-electron chi connectivity index (χ0n) is 9.23. The van der Waals surface area contributed by atoms with Gasteiger partial charge in [-0.1, -0.05) is 0 Å². The van der Waals surface area contributed by atoms with Crippen molar-refractivity contribution in [1.29, 1.82) is 0 Å². The highest BCUT2D eigenvalue weighted by atomic mass is 16.5. The molecule has 0 saturated carbocycles. The fourth-order valence-corrected chi connectivity index (χ4v) is 1.10. The van der Waals surface area contributed by atoms with E-state index in [1.807, 2.05) is 0 Å². The molecule has 1 aromatic rings. The van der Waals surface area contributed by atoms with Crippen LogP contribution in [0.2, 0.25) is 0 Å². The minimum absolute atomic E-state index is 0.0321. The van der Waals surface area contributed by atoms with Crippen LogP contribution in [0.4, 0.5) is 17.6 Å². The van der Waals surface area contributed by atoms with Crippen LogP contribution in [0, 0.1) is 0 Å². The first-order chi connectivity index (χ1) is 7.76. The smallest absolute Gasteiger partial charge is 0.223 e. The summed E-state index contributed by atoms with van der Waals surface area (Å²) in [7, 11) is 1.76. The lowest BCUT2D eigenvalue weighted by Gasteiger charge is -2.08. The number of aliphatic hydroxyl groups excluding tert-OH is 1. The third-order valence-electron chi connectivity index (χ3n) is 1.79.